The quantitative estimate of drug-likeness (QED) is 0.677. The number of hydrogen-bond acceptors (Lipinski definition) is 5. The number of aromatic nitrogens is 1. The van der Waals surface area contributed by atoms with Crippen LogP contribution >= 0.6 is 11.3 Å². The summed E-state index contributed by atoms with van der Waals surface area (Å²) < 4.78 is 10.6. The van der Waals surface area contributed by atoms with E-state index in [4.69, 9.17) is 14.5 Å². The predicted molar refractivity (Wildman–Crippen MR) is 115 cm³/mol. The number of urea groups is 1. The number of thiazole rings is 1. The summed E-state index contributed by atoms with van der Waals surface area (Å²) >= 11 is 1.66. The summed E-state index contributed by atoms with van der Waals surface area (Å²) in [6, 6.07) is 13.6. The molecule has 7 heteroatoms. The summed E-state index contributed by atoms with van der Waals surface area (Å²) in [5.74, 6) is 1.25. The van der Waals surface area contributed by atoms with Crippen molar-refractivity contribution in [3.63, 3.8) is 0 Å². The highest BCUT2D eigenvalue weighted by atomic mass is 32.1. The maximum Gasteiger partial charge on any atom is 0.322 e. The van der Waals surface area contributed by atoms with Gasteiger partial charge in [0.25, 0.3) is 0 Å². The number of hydrogen-bond donors (Lipinski definition) is 1. The Bertz CT molecular complexity index is 1030. The molecule has 4 rings (SSSR count). The number of benzene rings is 2. The molecule has 1 aliphatic rings. The highest BCUT2D eigenvalue weighted by Crippen LogP contribution is 2.33. The number of fused-ring (bicyclic) bond motifs is 1. The van der Waals surface area contributed by atoms with E-state index in [1.54, 1.807) is 48.7 Å². The topological polar surface area (TPSA) is 63.7 Å². The Morgan fingerprint density at radius 3 is 2.66 bits per heavy atom. The van der Waals surface area contributed by atoms with Gasteiger partial charge in [0.2, 0.25) is 0 Å². The van der Waals surface area contributed by atoms with Crippen molar-refractivity contribution in [1.29, 1.82) is 0 Å². The number of methoxy groups -OCH3 is 2. The molecular weight excluding hydrogens is 386 g/mol. The first-order valence-electron chi connectivity index (χ1n) is 9.41. The average Bonchev–Trinajstić information content (AvgIpc) is 3.17. The fourth-order valence-electron chi connectivity index (χ4n) is 3.29. The minimum atomic E-state index is -0.160. The molecule has 0 spiro atoms. The van der Waals surface area contributed by atoms with Crippen molar-refractivity contribution in [1.82, 2.24) is 9.88 Å². The van der Waals surface area contributed by atoms with Crippen LogP contribution in [0, 0.1) is 6.92 Å². The van der Waals surface area contributed by atoms with Gasteiger partial charge in [0.15, 0.2) is 0 Å². The van der Waals surface area contributed by atoms with Crippen molar-refractivity contribution in [3.05, 3.63) is 58.6 Å². The maximum atomic E-state index is 12.9. The standard InChI is InChI=1S/C22H23N3O3S/c1-14-4-6-15(7-5-14)21-23-17-10-11-25(13-20(17)29-21)22(26)24-18-12-16(27-2)8-9-19(18)28-3/h4-9,12H,10-11,13H2,1-3H3,(H,24,26). The van der Waals surface area contributed by atoms with Gasteiger partial charge in [0.05, 0.1) is 32.1 Å². The van der Waals surface area contributed by atoms with Crippen LogP contribution in [0.5, 0.6) is 11.5 Å². The number of nitrogens with zero attached hydrogens (tertiary/aromatic N) is 2. The number of ether oxygens (including phenoxy) is 2. The van der Waals surface area contributed by atoms with Gasteiger partial charge in [-0.15, -0.1) is 11.3 Å². The third kappa shape index (κ3) is 4.05. The molecule has 2 aromatic carbocycles. The first kappa shape index (κ1) is 19.3. The summed E-state index contributed by atoms with van der Waals surface area (Å²) in [6.45, 7) is 3.25. The number of carbonyl (C=O) groups excluding carboxylic acids is 1. The van der Waals surface area contributed by atoms with E-state index in [0.717, 1.165) is 27.6 Å². The molecule has 1 aliphatic heterocycles. The molecule has 29 heavy (non-hydrogen) atoms. The Hall–Kier alpha value is -3.06. The van der Waals surface area contributed by atoms with E-state index < -0.39 is 0 Å². The van der Waals surface area contributed by atoms with Gasteiger partial charge in [-0.1, -0.05) is 29.8 Å². The van der Waals surface area contributed by atoms with E-state index >= 15 is 0 Å². The molecule has 1 aromatic heterocycles. The lowest BCUT2D eigenvalue weighted by molar-refractivity contribution is 0.206. The van der Waals surface area contributed by atoms with Crippen LogP contribution in [0.2, 0.25) is 0 Å². The molecular formula is C22H23N3O3S. The fraction of sp³-hybridized carbons (Fsp3) is 0.273. The van der Waals surface area contributed by atoms with Crippen molar-refractivity contribution >= 4 is 23.1 Å². The van der Waals surface area contributed by atoms with Crippen LogP contribution in [0.1, 0.15) is 16.1 Å². The predicted octanol–water partition coefficient (Wildman–Crippen LogP) is 4.73. The van der Waals surface area contributed by atoms with Gasteiger partial charge in [-0.25, -0.2) is 9.78 Å². The fourth-order valence-corrected chi connectivity index (χ4v) is 4.42. The number of amides is 2. The zero-order chi connectivity index (χ0) is 20.4. The van der Waals surface area contributed by atoms with E-state index in [1.165, 1.54) is 5.56 Å². The van der Waals surface area contributed by atoms with Gasteiger partial charge >= 0.3 is 6.03 Å². The highest BCUT2D eigenvalue weighted by molar-refractivity contribution is 7.15. The van der Waals surface area contributed by atoms with Crippen molar-refractivity contribution in [2.24, 2.45) is 0 Å². The van der Waals surface area contributed by atoms with Crippen LogP contribution in [0.4, 0.5) is 10.5 Å². The SMILES string of the molecule is COc1ccc(OC)c(NC(=O)N2CCc3nc(-c4ccc(C)cc4)sc3C2)c1. The van der Waals surface area contributed by atoms with Crippen molar-refractivity contribution in [3.8, 4) is 22.1 Å². The third-order valence-electron chi connectivity index (χ3n) is 4.97. The second-order valence-corrected chi connectivity index (χ2v) is 8.01. The van der Waals surface area contributed by atoms with Gasteiger partial charge in [-0.2, -0.15) is 0 Å². The van der Waals surface area contributed by atoms with Gasteiger partial charge in [-0.05, 0) is 19.1 Å². The van der Waals surface area contributed by atoms with Crippen LogP contribution in [0.15, 0.2) is 42.5 Å². The molecule has 0 atom stereocenters. The lowest BCUT2D eigenvalue weighted by atomic mass is 10.1. The zero-order valence-electron chi connectivity index (χ0n) is 16.7. The summed E-state index contributed by atoms with van der Waals surface area (Å²) in [7, 11) is 3.17. The smallest absolute Gasteiger partial charge is 0.322 e. The Labute approximate surface area is 174 Å². The van der Waals surface area contributed by atoms with Gasteiger partial charge in [-0.3, -0.25) is 0 Å². The molecule has 0 fully saturated rings. The number of aryl methyl sites for hydroxylation is 1. The molecule has 0 saturated heterocycles. The molecule has 2 amide bonds. The summed E-state index contributed by atoms with van der Waals surface area (Å²) in [5, 5.41) is 3.95. The number of rotatable bonds is 4. The minimum Gasteiger partial charge on any atom is -0.497 e. The summed E-state index contributed by atoms with van der Waals surface area (Å²) in [6.07, 6.45) is 0.750. The number of carbonyl (C=O) groups is 1. The van der Waals surface area contributed by atoms with E-state index in [2.05, 4.69) is 36.5 Å². The molecule has 0 bridgehead atoms. The Balaban J connectivity index is 1.50. The lowest BCUT2D eigenvalue weighted by Crippen LogP contribution is -2.38. The Morgan fingerprint density at radius 1 is 1.14 bits per heavy atom. The molecule has 3 aromatic rings. The molecule has 150 valence electrons. The monoisotopic (exact) mass is 409 g/mol. The normalized spacial score (nSPS) is 13.0. The largest absolute Gasteiger partial charge is 0.497 e. The van der Waals surface area contributed by atoms with E-state index in [9.17, 15) is 4.79 Å². The van der Waals surface area contributed by atoms with Gasteiger partial charge < -0.3 is 19.7 Å². The van der Waals surface area contributed by atoms with E-state index in [0.29, 0.717) is 30.3 Å². The third-order valence-corrected chi connectivity index (χ3v) is 6.10. The van der Waals surface area contributed by atoms with Crippen molar-refractivity contribution in [2.75, 3.05) is 26.1 Å². The molecule has 0 aliphatic carbocycles. The second-order valence-electron chi connectivity index (χ2n) is 6.92. The number of anilines is 1. The average molecular weight is 410 g/mol. The van der Waals surface area contributed by atoms with Crippen molar-refractivity contribution in [2.45, 2.75) is 19.9 Å². The first-order valence-corrected chi connectivity index (χ1v) is 10.2. The van der Waals surface area contributed by atoms with Gasteiger partial charge in [0.1, 0.15) is 16.5 Å². The molecule has 6 nitrogen and oxygen atoms in total. The van der Waals surface area contributed by atoms with E-state index in [-0.39, 0.29) is 6.03 Å². The van der Waals surface area contributed by atoms with Crippen LogP contribution in [0.3, 0.4) is 0 Å². The Morgan fingerprint density at radius 2 is 1.93 bits per heavy atom. The lowest BCUT2D eigenvalue weighted by Gasteiger charge is -2.26. The molecule has 0 radical (unpaired) electrons. The molecule has 2 heterocycles. The highest BCUT2D eigenvalue weighted by Gasteiger charge is 2.25. The van der Waals surface area contributed by atoms with Crippen LogP contribution in [0.25, 0.3) is 10.6 Å². The van der Waals surface area contributed by atoms with E-state index in [1.807, 2.05) is 0 Å². The molecule has 0 unspecified atom stereocenters. The first-order chi connectivity index (χ1) is 14.1. The molecule has 1 N–H and O–H groups in total. The second kappa shape index (κ2) is 8.13. The zero-order valence-corrected chi connectivity index (χ0v) is 17.5. The number of nitrogens with one attached hydrogen (secondary N) is 1. The summed E-state index contributed by atoms with van der Waals surface area (Å²) in [4.78, 5) is 20.6. The van der Waals surface area contributed by atoms with Crippen LogP contribution in [-0.4, -0.2) is 36.7 Å². The van der Waals surface area contributed by atoms with Crippen molar-refractivity contribution < 1.29 is 14.3 Å². The van der Waals surface area contributed by atoms with Gasteiger partial charge in [0, 0.05) is 29.5 Å². The van der Waals surface area contributed by atoms with Crippen LogP contribution < -0.4 is 14.8 Å². The molecule has 0 saturated carbocycles. The Kier molecular flexibility index (Phi) is 5.40. The van der Waals surface area contributed by atoms with Crippen LogP contribution in [-0.2, 0) is 13.0 Å². The maximum absolute atomic E-state index is 12.9. The minimum absolute atomic E-state index is 0.160. The summed E-state index contributed by atoms with van der Waals surface area (Å²) in [5.41, 5.74) is 4.03.